The topological polar surface area (TPSA) is 78.8 Å². The van der Waals surface area contributed by atoms with Crippen molar-refractivity contribution in [1.29, 1.82) is 0 Å². The standard InChI is InChI=1S/C18H21N3O3S/c1-25(23,24)21(13-18(22)20-19-15-9-3-4-10-15)17-12-6-8-14-7-2-5-11-16(14)17/h2,5-8,11-12H,3-4,9-10,13H2,1H3,(H,20,22). The van der Waals surface area contributed by atoms with Gasteiger partial charge in [-0.3, -0.25) is 9.10 Å². The maximum absolute atomic E-state index is 12.3. The number of carbonyl (C=O) groups is 1. The van der Waals surface area contributed by atoms with E-state index in [0.717, 1.165) is 52.7 Å². The number of amides is 1. The monoisotopic (exact) mass is 359 g/mol. The molecule has 1 aliphatic rings. The molecule has 1 fully saturated rings. The molecule has 0 heterocycles. The fourth-order valence-corrected chi connectivity index (χ4v) is 3.88. The summed E-state index contributed by atoms with van der Waals surface area (Å²) in [5, 5.41) is 5.81. The largest absolute Gasteiger partial charge is 0.271 e. The normalized spacial score (nSPS) is 14.5. The molecule has 2 aromatic rings. The van der Waals surface area contributed by atoms with Gasteiger partial charge in [0, 0.05) is 11.1 Å². The summed E-state index contributed by atoms with van der Waals surface area (Å²) < 4.78 is 25.7. The zero-order valence-electron chi connectivity index (χ0n) is 14.1. The van der Waals surface area contributed by atoms with Gasteiger partial charge in [0.25, 0.3) is 5.91 Å². The molecule has 0 radical (unpaired) electrons. The Kier molecular flexibility index (Phi) is 5.03. The third-order valence-electron chi connectivity index (χ3n) is 4.24. The lowest BCUT2D eigenvalue weighted by molar-refractivity contribution is -0.119. The van der Waals surface area contributed by atoms with Crippen LogP contribution >= 0.6 is 0 Å². The first-order valence-corrected chi connectivity index (χ1v) is 10.1. The zero-order chi connectivity index (χ0) is 17.9. The van der Waals surface area contributed by atoms with Crippen LogP contribution in [0, 0.1) is 0 Å². The van der Waals surface area contributed by atoms with E-state index in [4.69, 9.17) is 0 Å². The minimum atomic E-state index is -3.62. The van der Waals surface area contributed by atoms with Crippen LogP contribution in [0.5, 0.6) is 0 Å². The molecule has 0 atom stereocenters. The highest BCUT2D eigenvalue weighted by Gasteiger charge is 2.22. The lowest BCUT2D eigenvalue weighted by atomic mass is 10.1. The minimum Gasteiger partial charge on any atom is -0.271 e. The fraction of sp³-hybridized carbons (Fsp3) is 0.333. The van der Waals surface area contributed by atoms with Crippen LogP contribution in [0.15, 0.2) is 47.6 Å². The Labute approximate surface area is 147 Å². The molecule has 2 aromatic carbocycles. The first-order chi connectivity index (χ1) is 11.9. The molecule has 1 amide bonds. The van der Waals surface area contributed by atoms with E-state index in [-0.39, 0.29) is 6.54 Å². The van der Waals surface area contributed by atoms with Gasteiger partial charge in [0.2, 0.25) is 10.0 Å². The van der Waals surface area contributed by atoms with Gasteiger partial charge in [-0.25, -0.2) is 13.8 Å². The van der Waals surface area contributed by atoms with Crippen molar-refractivity contribution in [2.45, 2.75) is 25.7 Å². The quantitative estimate of drug-likeness (QED) is 0.834. The minimum absolute atomic E-state index is 0.302. The average Bonchev–Trinajstić information content (AvgIpc) is 3.10. The molecular weight excluding hydrogens is 338 g/mol. The molecule has 1 aliphatic carbocycles. The van der Waals surface area contributed by atoms with E-state index >= 15 is 0 Å². The Balaban J connectivity index is 1.87. The van der Waals surface area contributed by atoms with Crippen molar-refractivity contribution >= 4 is 38.1 Å². The van der Waals surface area contributed by atoms with Gasteiger partial charge in [0.15, 0.2) is 0 Å². The number of sulfonamides is 1. The molecule has 0 spiro atoms. The lowest BCUT2D eigenvalue weighted by Gasteiger charge is -2.23. The number of hydrazone groups is 1. The van der Waals surface area contributed by atoms with E-state index < -0.39 is 15.9 Å². The van der Waals surface area contributed by atoms with Gasteiger partial charge in [-0.05, 0) is 37.1 Å². The van der Waals surface area contributed by atoms with Crippen LogP contribution in [0.2, 0.25) is 0 Å². The molecule has 1 N–H and O–H groups in total. The molecule has 132 valence electrons. The molecule has 0 saturated heterocycles. The summed E-state index contributed by atoms with van der Waals surface area (Å²) in [7, 11) is -3.62. The van der Waals surface area contributed by atoms with Gasteiger partial charge in [-0.15, -0.1) is 0 Å². The van der Waals surface area contributed by atoms with Crippen LogP contribution in [0.4, 0.5) is 5.69 Å². The molecule has 25 heavy (non-hydrogen) atoms. The zero-order valence-corrected chi connectivity index (χ0v) is 14.9. The van der Waals surface area contributed by atoms with E-state index in [2.05, 4.69) is 10.5 Å². The molecule has 1 saturated carbocycles. The Morgan fingerprint density at radius 1 is 1.12 bits per heavy atom. The Morgan fingerprint density at radius 2 is 1.80 bits per heavy atom. The van der Waals surface area contributed by atoms with E-state index in [1.54, 1.807) is 12.1 Å². The summed E-state index contributed by atoms with van der Waals surface area (Å²) >= 11 is 0. The summed E-state index contributed by atoms with van der Waals surface area (Å²) in [6.07, 6.45) is 5.05. The second kappa shape index (κ2) is 7.23. The number of carbonyl (C=O) groups excluding carboxylic acids is 1. The molecule has 0 aromatic heterocycles. The SMILES string of the molecule is CS(=O)(=O)N(CC(=O)NN=C1CCCC1)c1cccc2ccccc12. The summed E-state index contributed by atoms with van der Waals surface area (Å²) in [4.78, 5) is 12.2. The van der Waals surface area contributed by atoms with Crippen LogP contribution < -0.4 is 9.73 Å². The third-order valence-corrected chi connectivity index (χ3v) is 5.37. The fourth-order valence-electron chi connectivity index (χ4n) is 3.01. The highest BCUT2D eigenvalue weighted by molar-refractivity contribution is 7.92. The number of nitrogens with zero attached hydrogens (tertiary/aromatic N) is 2. The average molecular weight is 359 g/mol. The van der Waals surface area contributed by atoms with E-state index in [1.165, 1.54) is 0 Å². The first kappa shape index (κ1) is 17.4. The number of benzene rings is 2. The summed E-state index contributed by atoms with van der Waals surface area (Å²) in [6.45, 7) is -0.302. The number of hydrogen-bond acceptors (Lipinski definition) is 4. The third kappa shape index (κ3) is 4.17. The van der Waals surface area contributed by atoms with Gasteiger partial charge >= 0.3 is 0 Å². The Hall–Kier alpha value is -2.41. The van der Waals surface area contributed by atoms with Gasteiger partial charge < -0.3 is 0 Å². The molecule has 0 aliphatic heterocycles. The number of fused-ring (bicyclic) bond motifs is 1. The first-order valence-electron chi connectivity index (χ1n) is 8.25. The van der Waals surface area contributed by atoms with Crippen LogP contribution in [0.1, 0.15) is 25.7 Å². The number of anilines is 1. The molecule has 7 heteroatoms. The number of rotatable bonds is 5. The maximum atomic E-state index is 12.3. The van der Waals surface area contributed by atoms with E-state index in [9.17, 15) is 13.2 Å². The van der Waals surface area contributed by atoms with E-state index in [1.807, 2.05) is 30.3 Å². The van der Waals surface area contributed by atoms with Crippen molar-refractivity contribution in [2.24, 2.45) is 5.10 Å². The van der Waals surface area contributed by atoms with Crippen molar-refractivity contribution < 1.29 is 13.2 Å². The predicted octanol–water partition coefficient (Wildman–Crippen LogP) is 2.65. The van der Waals surface area contributed by atoms with Crippen LogP contribution in [-0.4, -0.2) is 32.8 Å². The van der Waals surface area contributed by atoms with Gasteiger partial charge in [0.05, 0.1) is 11.9 Å². The highest BCUT2D eigenvalue weighted by Crippen LogP contribution is 2.28. The van der Waals surface area contributed by atoms with Gasteiger partial charge in [-0.1, -0.05) is 36.4 Å². The number of nitrogens with one attached hydrogen (secondary N) is 1. The molecule has 3 rings (SSSR count). The molecule has 6 nitrogen and oxygen atoms in total. The van der Waals surface area contributed by atoms with Crippen molar-refractivity contribution in [3.63, 3.8) is 0 Å². The molecule has 0 bridgehead atoms. The number of hydrogen-bond donors (Lipinski definition) is 1. The van der Waals surface area contributed by atoms with Crippen molar-refractivity contribution in [2.75, 3.05) is 17.1 Å². The predicted molar refractivity (Wildman–Crippen MR) is 100 cm³/mol. The second-order valence-electron chi connectivity index (χ2n) is 6.19. The van der Waals surface area contributed by atoms with Crippen LogP contribution in [0.3, 0.4) is 0 Å². The lowest BCUT2D eigenvalue weighted by Crippen LogP contribution is -2.39. The van der Waals surface area contributed by atoms with Crippen molar-refractivity contribution in [1.82, 2.24) is 5.43 Å². The van der Waals surface area contributed by atoms with Gasteiger partial charge in [0.1, 0.15) is 6.54 Å². The maximum Gasteiger partial charge on any atom is 0.260 e. The van der Waals surface area contributed by atoms with Crippen molar-refractivity contribution in [3.05, 3.63) is 42.5 Å². The van der Waals surface area contributed by atoms with Gasteiger partial charge in [-0.2, -0.15) is 5.10 Å². The highest BCUT2D eigenvalue weighted by atomic mass is 32.2. The summed E-state index contributed by atoms with van der Waals surface area (Å²) in [6, 6.07) is 12.9. The molecular formula is C18H21N3O3S. The van der Waals surface area contributed by atoms with Crippen LogP contribution in [0.25, 0.3) is 10.8 Å². The van der Waals surface area contributed by atoms with E-state index in [0.29, 0.717) is 5.69 Å². The molecule has 0 unspecified atom stereocenters. The van der Waals surface area contributed by atoms with Crippen molar-refractivity contribution in [3.8, 4) is 0 Å². The second-order valence-corrected chi connectivity index (χ2v) is 8.09. The Morgan fingerprint density at radius 3 is 2.52 bits per heavy atom. The summed E-state index contributed by atoms with van der Waals surface area (Å²) in [5.41, 5.74) is 3.94. The summed E-state index contributed by atoms with van der Waals surface area (Å²) in [5.74, 6) is -0.447. The van der Waals surface area contributed by atoms with Crippen LogP contribution in [-0.2, 0) is 14.8 Å². The smallest absolute Gasteiger partial charge is 0.260 e. The Bertz CT molecular complexity index is 909.